The van der Waals surface area contributed by atoms with Gasteiger partial charge in [0, 0.05) is 5.69 Å². The molecule has 0 spiro atoms. The molecule has 28 heavy (non-hydrogen) atoms. The van der Waals surface area contributed by atoms with Crippen molar-refractivity contribution in [1.29, 1.82) is 0 Å². The Labute approximate surface area is 162 Å². The van der Waals surface area contributed by atoms with E-state index < -0.39 is 6.17 Å². The van der Waals surface area contributed by atoms with Gasteiger partial charge in [0.15, 0.2) is 11.5 Å². The average Bonchev–Trinajstić information content (AvgIpc) is 3.21. The largest absolute Gasteiger partial charge is 0.495 e. The fraction of sp³-hybridized carbons (Fsp3) is 0.136. The second-order valence-corrected chi connectivity index (χ2v) is 6.55. The van der Waals surface area contributed by atoms with Crippen molar-refractivity contribution in [2.75, 3.05) is 24.1 Å². The van der Waals surface area contributed by atoms with Crippen LogP contribution >= 0.6 is 0 Å². The molecule has 6 nitrogen and oxygen atoms in total. The van der Waals surface area contributed by atoms with Crippen LogP contribution in [0.3, 0.4) is 0 Å². The van der Waals surface area contributed by atoms with E-state index in [1.807, 2.05) is 66.7 Å². The van der Waals surface area contributed by atoms with Gasteiger partial charge in [0.2, 0.25) is 6.79 Å². The lowest BCUT2D eigenvalue weighted by Crippen LogP contribution is -2.43. The minimum Gasteiger partial charge on any atom is -0.495 e. The minimum atomic E-state index is -0.423. The number of carbonyl (C=O) groups excluding carboxylic acids is 1. The minimum absolute atomic E-state index is 0.0958. The first kappa shape index (κ1) is 16.5. The zero-order chi connectivity index (χ0) is 19.1. The molecule has 2 aliphatic rings. The third-order valence-electron chi connectivity index (χ3n) is 4.98. The van der Waals surface area contributed by atoms with E-state index in [-0.39, 0.29) is 12.7 Å². The van der Waals surface area contributed by atoms with Gasteiger partial charge in [-0.2, -0.15) is 0 Å². The zero-order valence-electron chi connectivity index (χ0n) is 15.2. The number of carbonyl (C=O) groups is 1. The Morgan fingerprint density at radius 1 is 1.00 bits per heavy atom. The number of nitrogens with zero attached hydrogens (tertiary/aromatic N) is 1. The fourth-order valence-corrected chi connectivity index (χ4v) is 3.65. The second kappa shape index (κ2) is 6.49. The van der Waals surface area contributed by atoms with Crippen molar-refractivity contribution in [3.05, 3.63) is 77.9 Å². The molecule has 1 N–H and O–H groups in total. The number of benzene rings is 3. The number of hydrogen-bond acceptors (Lipinski definition) is 5. The quantitative estimate of drug-likeness (QED) is 0.745. The van der Waals surface area contributed by atoms with Gasteiger partial charge in [-0.05, 0) is 42.0 Å². The summed E-state index contributed by atoms with van der Waals surface area (Å²) in [7, 11) is 1.60. The molecule has 0 saturated heterocycles. The predicted octanol–water partition coefficient (Wildman–Crippen LogP) is 4.20. The first-order valence-electron chi connectivity index (χ1n) is 8.98. The summed E-state index contributed by atoms with van der Waals surface area (Å²) >= 11 is 0. The molecule has 1 amide bonds. The smallest absolute Gasteiger partial charge is 0.262 e. The first-order chi connectivity index (χ1) is 13.8. The number of anilines is 2. The monoisotopic (exact) mass is 374 g/mol. The van der Waals surface area contributed by atoms with Crippen molar-refractivity contribution in [3.8, 4) is 17.2 Å². The number of methoxy groups -OCH3 is 1. The van der Waals surface area contributed by atoms with Gasteiger partial charge in [-0.15, -0.1) is 0 Å². The molecule has 0 bridgehead atoms. The maximum absolute atomic E-state index is 13.5. The van der Waals surface area contributed by atoms with Crippen LogP contribution in [-0.4, -0.2) is 19.8 Å². The Kier molecular flexibility index (Phi) is 3.83. The molecule has 3 aromatic carbocycles. The third-order valence-corrected chi connectivity index (χ3v) is 4.98. The molecule has 6 heteroatoms. The van der Waals surface area contributed by atoms with Gasteiger partial charge in [-0.1, -0.05) is 30.3 Å². The Bertz CT molecular complexity index is 1070. The van der Waals surface area contributed by atoms with Crippen LogP contribution < -0.4 is 24.4 Å². The SMILES string of the molecule is COc1ccccc1N1C(=O)c2ccccc2NC1c1ccc2c(c1)OCO2. The van der Waals surface area contributed by atoms with Crippen LogP contribution in [0.25, 0.3) is 0 Å². The highest BCUT2D eigenvalue weighted by atomic mass is 16.7. The maximum Gasteiger partial charge on any atom is 0.262 e. The summed E-state index contributed by atoms with van der Waals surface area (Å²) in [5.41, 5.74) is 2.99. The lowest BCUT2D eigenvalue weighted by atomic mass is 10.0. The zero-order valence-corrected chi connectivity index (χ0v) is 15.2. The summed E-state index contributed by atoms with van der Waals surface area (Å²) in [6.07, 6.45) is -0.423. The molecular formula is C22H18N2O4. The van der Waals surface area contributed by atoms with Gasteiger partial charge in [-0.25, -0.2) is 0 Å². The highest BCUT2D eigenvalue weighted by Crippen LogP contribution is 2.42. The summed E-state index contributed by atoms with van der Waals surface area (Å²) in [5, 5.41) is 3.49. The van der Waals surface area contributed by atoms with E-state index in [9.17, 15) is 4.79 Å². The molecule has 0 radical (unpaired) electrons. The summed E-state index contributed by atoms with van der Waals surface area (Å²) in [4.78, 5) is 15.2. The molecule has 1 atom stereocenters. The molecule has 140 valence electrons. The first-order valence-corrected chi connectivity index (χ1v) is 8.98. The molecule has 0 aromatic heterocycles. The topological polar surface area (TPSA) is 60.0 Å². The lowest BCUT2D eigenvalue weighted by molar-refractivity contribution is 0.0974. The van der Waals surface area contributed by atoms with Gasteiger partial charge >= 0.3 is 0 Å². The maximum atomic E-state index is 13.5. The fourth-order valence-electron chi connectivity index (χ4n) is 3.65. The van der Waals surface area contributed by atoms with Crippen molar-refractivity contribution >= 4 is 17.3 Å². The molecule has 0 saturated carbocycles. The summed E-state index contributed by atoms with van der Waals surface area (Å²) < 4.78 is 16.5. The number of rotatable bonds is 3. The summed E-state index contributed by atoms with van der Waals surface area (Å²) in [5.74, 6) is 1.91. The van der Waals surface area contributed by atoms with Gasteiger partial charge in [0.1, 0.15) is 11.9 Å². The van der Waals surface area contributed by atoms with Gasteiger partial charge in [0.25, 0.3) is 5.91 Å². The van der Waals surface area contributed by atoms with Crippen LogP contribution in [0, 0.1) is 0 Å². The lowest BCUT2D eigenvalue weighted by Gasteiger charge is -2.38. The molecule has 5 rings (SSSR count). The molecule has 2 aliphatic heterocycles. The second-order valence-electron chi connectivity index (χ2n) is 6.55. The van der Waals surface area contributed by atoms with Crippen LogP contribution in [0.1, 0.15) is 22.1 Å². The van der Waals surface area contributed by atoms with Gasteiger partial charge < -0.3 is 19.5 Å². The average molecular weight is 374 g/mol. The van der Waals surface area contributed by atoms with E-state index in [2.05, 4.69) is 5.32 Å². The van der Waals surface area contributed by atoms with E-state index in [0.717, 1.165) is 11.3 Å². The summed E-state index contributed by atoms with van der Waals surface area (Å²) in [6.45, 7) is 0.203. The number of amides is 1. The third kappa shape index (κ3) is 2.53. The molecule has 2 heterocycles. The van der Waals surface area contributed by atoms with Gasteiger partial charge in [0.05, 0.1) is 18.4 Å². The van der Waals surface area contributed by atoms with E-state index in [0.29, 0.717) is 28.5 Å². The Morgan fingerprint density at radius 2 is 1.79 bits per heavy atom. The van der Waals surface area contributed by atoms with E-state index in [4.69, 9.17) is 14.2 Å². The molecular weight excluding hydrogens is 356 g/mol. The Balaban J connectivity index is 1.67. The van der Waals surface area contributed by atoms with Crippen molar-refractivity contribution in [2.45, 2.75) is 6.17 Å². The van der Waals surface area contributed by atoms with Crippen molar-refractivity contribution in [2.24, 2.45) is 0 Å². The van der Waals surface area contributed by atoms with E-state index in [1.54, 1.807) is 12.0 Å². The number of hydrogen-bond donors (Lipinski definition) is 1. The highest BCUT2D eigenvalue weighted by Gasteiger charge is 2.36. The van der Waals surface area contributed by atoms with Crippen LogP contribution in [0.4, 0.5) is 11.4 Å². The molecule has 1 unspecified atom stereocenters. The number of para-hydroxylation sites is 3. The van der Waals surface area contributed by atoms with Crippen molar-refractivity contribution in [3.63, 3.8) is 0 Å². The van der Waals surface area contributed by atoms with Crippen LogP contribution in [0.5, 0.6) is 17.2 Å². The number of nitrogens with one attached hydrogen (secondary N) is 1. The van der Waals surface area contributed by atoms with Crippen LogP contribution in [0.15, 0.2) is 66.7 Å². The molecule has 0 aliphatic carbocycles. The Hall–Kier alpha value is -3.67. The molecule has 0 fully saturated rings. The Morgan fingerprint density at radius 3 is 2.68 bits per heavy atom. The standard InChI is InChI=1S/C22H18N2O4/c1-26-18-9-5-4-8-17(18)24-21(14-10-11-19-20(12-14)28-13-27-19)23-16-7-3-2-6-15(16)22(24)25/h2-12,21,23H,13H2,1H3. The normalized spacial score (nSPS) is 17.1. The van der Waals surface area contributed by atoms with Crippen LogP contribution in [-0.2, 0) is 0 Å². The van der Waals surface area contributed by atoms with Gasteiger partial charge in [-0.3, -0.25) is 9.69 Å². The van der Waals surface area contributed by atoms with Crippen LogP contribution in [0.2, 0.25) is 0 Å². The van der Waals surface area contributed by atoms with E-state index in [1.165, 1.54) is 0 Å². The van der Waals surface area contributed by atoms with Crippen molar-refractivity contribution < 1.29 is 19.0 Å². The number of fused-ring (bicyclic) bond motifs is 2. The van der Waals surface area contributed by atoms with Crippen molar-refractivity contribution in [1.82, 2.24) is 0 Å². The predicted molar refractivity (Wildman–Crippen MR) is 105 cm³/mol. The molecule has 3 aromatic rings. The summed E-state index contributed by atoms with van der Waals surface area (Å²) in [6, 6.07) is 20.7. The number of ether oxygens (including phenoxy) is 3. The highest BCUT2D eigenvalue weighted by molar-refractivity contribution is 6.12. The van der Waals surface area contributed by atoms with E-state index >= 15 is 0 Å².